The van der Waals surface area contributed by atoms with Gasteiger partial charge in [-0.3, -0.25) is 0 Å². The molecule has 0 saturated heterocycles. The quantitative estimate of drug-likeness (QED) is 0.812. The van der Waals surface area contributed by atoms with Gasteiger partial charge in [-0.05, 0) is 41.4 Å². The van der Waals surface area contributed by atoms with Crippen molar-refractivity contribution in [3.63, 3.8) is 0 Å². The molecule has 0 unspecified atom stereocenters. The summed E-state index contributed by atoms with van der Waals surface area (Å²) in [4.78, 5) is 10.8. The summed E-state index contributed by atoms with van der Waals surface area (Å²) >= 11 is 0. The van der Waals surface area contributed by atoms with E-state index >= 15 is 0 Å². The lowest BCUT2D eigenvalue weighted by Gasteiger charge is -2.31. The minimum absolute atomic E-state index is 0.0420. The fraction of sp³-hybridized carbons (Fsp3) is 0.714. The van der Waals surface area contributed by atoms with Gasteiger partial charge in [-0.1, -0.05) is 6.92 Å². The lowest BCUT2D eigenvalue weighted by molar-refractivity contribution is 0.107. The summed E-state index contributed by atoms with van der Waals surface area (Å²) in [6.07, 6.45) is 1.84. The summed E-state index contributed by atoms with van der Waals surface area (Å²) in [6, 6.07) is 0.452. The van der Waals surface area contributed by atoms with Crippen LogP contribution < -0.4 is 10.1 Å². The van der Waals surface area contributed by atoms with Crippen molar-refractivity contribution >= 4 is 0 Å². The Morgan fingerprint density at radius 1 is 1.37 bits per heavy atom. The number of aromatic nitrogens is 2. The summed E-state index contributed by atoms with van der Waals surface area (Å²) < 4.78 is 5.69. The van der Waals surface area contributed by atoms with Crippen LogP contribution in [-0.2, 0) is 6.54 Å². The van der Waals surface area contributed by atoms with Gasteiger partial charge in [0.05, 0.1) is 0 Å². The van der Waals surface area contributed by atoms with Gasteiger partial charge in [0, 0.05) is 29.5 Å². The van der Waals surface area contributed by atoms with Crippen molar-refractivity contribution in [2.45, 2.75) is 39.8 Å². The van der Waals surface area contributed by atoms with E-state index < -0.39 is 0 Å². The lowest BCUT2D eigenvalue weighted by atomic mass is 10.1. The molecule has 0 aromatic carbocycles. The summed E-state index contributed by atoms with van der Waals surface area (Å²) in [5.74, 6) is 0. The molecule has 5 nitrogen and oxygen atoms in total. The molecule has 0 aliphatic heterocycles. The molecule has 0 spiro atoms. The highest BCUT2D eigenvalue weighted by Crippen LogP contribution is 2.13. The molecule has 0 atom stereocenters. The van der Waals surface area contributed by atoms with E-state index in [0.717, 1.165) is 24.3 Å². The van der Waals surface area contributed by atoms with Gasteiger partial charge in [0.25, 0.3) is 0 Å². The normalized spacial score (nSPS) is 11.9. The van der Waals surface area contributed by atoms with Gasteiger partial charge in [0.15, 0.2) is 0 Å². The van der Waals surface area contributed by atoms with Gasteiger partial charge in [-0.15, -0.1) is 0 Å². The predicted octanol–water partition coefficient (Wildman–Crippen LogP) is 1.61. The van der Waals surface area contributed by atoms with Crippen molar-refractivity contribution in [1.82, 2.24) is 20.2 Å². The smallest absolute Gasteiger partial charge is 0.316 e. The molecule has 1 N–H and O–H groups in total. The van der Waals surface area contributed by atoms with Gasteiger partial charge in [0.1, 0.15) is 6.61 Å². The van der Waals surface area contributed by atoms with Crippen molar-refractivity contribution in [3.8, 4) is 6.01 Å². The van der Waals surface area contributed by atoms with Crippen molar-refractivity contribution < 1.29 is 4.74 Å². The molecule has 0 bridgehead atoms. The number of hydrogen-bond acceptors (Lipinski definition) is 5. The Hall–Kier alpha value is -1.20. The number of rotatable bonds is 7. The molecule has 0 radical (unpaired) electrons. The first-order chi connectivity index (χ1) is 8.86. The van der Waals surface area contributed by atoms with Gasteiger partial charge >= 0.3 is 6.01 Å². The highest BCUT2D eigenvalue weighted by atomic mass is 16.5. The van der Waals surface area contributed by atoms with E-state index in [0.29, 0.717) is 12.6 Å². The second kappa shape index (κ2) is 6.82. The lowest BCUT2D eigenvalue weighted by Crippen LogP contribution is -2.43. The number of nitrogens with one attached hydrogen (secondary N) is 1. The molecule has 1 aromatic heterocycles. The molecule has 0 aliphatic carbocycles. The zero-order chi connectivity index (χ0) is 14.5. The number of ether oxygens (including phenoxy) is 1. The number of nitrogens with zero attached hydrogens (tertiary/aromatic N) is 3. The maximum atomic E-state index is 5.69. The van der Waals surface area contributed by atoms with Crippen LogP contribution in [0.25, 0.3) is 0 Å². The van der Waals surface area contributed by atoms with E-state index in [2.05, 4.69) is 41.0 Å². The van der Waals surface area contributed by atoms with Crippen molar-refractivity contribution in [3.05, 3.63) is 17.5 Å². The summed E-state index contributed by atoms with van der Waals surface area (Å²) in [5, 5.41) is 3.27. The molecule has 0 aliphatic rings. The van der Waals surface area contributed by atoms with Gasteiger partial charge < -0.3 is 15.0 Å². The summed E-state index contributed by atoms with van der Waals surface area (Å²) in [5.41, 5.74) is 2.04. The van der Waals surface area contributed by atoms with Crippen LogP contribution in [0, 0.1) is 6.92 Å². The van der Waals surface area contributed by atoms with E-state index in [1.807, 2.05) is 27.2 Å². The Morgan fingerprint density at radius 3 is 2.58 bits per heavy atom. The summed E-state index contributed by atoms with van der Waals surface area (Å²) in [6.45, 7) is 10.6. The standard InChI is InChI=1S/C14H26N4O/c1-7-15-8-12-9-16-13(17-11(12)2)19-10-14(3,4)18(5)6/h9,15H,7-8,10H2,1-6H3. The van der Waals surface area contributed by atoms with Crippen molar-refractivity contribution in [2.75, 3.05) is 27.2 Å². The van der Waals surface area contributed by atoms with E-state index in [4.69, 9.17) is 4.74 Å². The molecule has 0 saturated carbocycles. The molecular formula is C14H26N4O. The molecule has 108 valence electrons. The Kier molecular flexibility index (Phi) is 5.69. The Labute approximate surface area is 116 Å². The third-order valence-corrected chi connectivity index (χ3v) is 3.39. The van der Waals surface area contributed by atoms with E-state index in [9.17, 15) is 0 Å². The third kappa shape index (κ3) is 4.76. The number of hydrogen-bond donors (Lipinski definition) is 1. The largest absolute Gasteiger partial charge is 0.462 e. The van der Waals surface area contributed by atoms with Crippen LogP contribution in [0.5, 0.6) is 6.01 Å². The van der Waals surface area contributed by atoms with E-state index in [1.165, 1.54) is 0 Å². The van der Waals surface area contributed by atoms with Crippen LogP contribution in [0.4, 0.5) is 0 Å². The molecule has 0 fully saturated rings. The zero-order valence-electron chi connectivity index (χ0n) is 12.9. The third-order valence-electron chi connectivity index (χ3n) is 3.39. The Morgan fingerprint density at radius 2 is 2.05 bits per heavy atom. The topological polar surface area (TPSA) is 50.3 Å². The molecule has 0 amide bonds. The predicted molar refractivity (Wildman–Crippen MR) is 77.4 cm³/mol. The average Bonchev–Trinajstić information content (AvgIpc) is 2.35. The SMILES string of the molecule is CCNCc1cnc(OCC(C)(C)N(C)C)nc1C. The minimum atomic E-state index is -0.0420. The minimum Gasteiger partial charge on any atom is -0.462 e. The van der Waals surface area contributed by atoms with E-state index in [1.54, 1.807) is 0 Å². The molecule has 1 rings (SSSR count). The van der Waals surface area contributed by atoms with E-state index in [-0.39, 0.29) is 5.54 Å². The van der Waals surface area contributed by atoms with Gasteiger partial charge in [0.2, 0.25) is 0 Å². The molecule has 5 heteroatoms. The van der Waals surface area contributed by atoms with Gasteiger partial charge in [-0.25, -0.2) is 9.97 Å². The number of likely N-dealkylation sites (N-methyl/N-ethyl adjacent to an activating group) is 1. The highest BCUT2D eigenvalue weighted by Gasteiger charge is 2.21. The van der Waals surface area contributed by atoms with Crippen molar-refractivity contribution in [1.29, 1.82) is 0 Å². The zero-order valence-corrected chi connectivity index (χ0v) is 12.9. The molecule has 1 heterocycles. The van der Waals surface area contributed by atoms with Crippen LogP contribution in [0.1, 0.15) is 32.0 Å². The second-order valence-electron chi connectivity index (χ2n) is 5.54. The molecular weight excluding hydrogens is 240 g/mol. The maximum Gasteiger partial charge on any atom is 0.316 e. The van der Waals surface area contributed by atoms with Crippen LogP contribution in [-0.4, -0.2) is 47.7 Å². The first-order valence-electron chi connectivity index (χ1n) is 6.70. The average molecular weight is 266 g/mol. The van der Waals surface area contributed by atoms with Crippen LogP contribution in [0.15, 0.2) is 6.20 Å². The Balaban J connectivity index is 2.63. The summed E-state index contributed by atoms with van der Waals surface area (Å²) in [7, 11) is 4.07. The number of aryl methyl sites for hydroxylation is 1. The Bertz CT molecular complexity index is 404. The fourth-order valence-corrected chi connectivity index (χ4v) is 1.34. The van der Waals surface area contributed by atoms with Crippen LogP contribution >= 0.6 is 0 Å². The monoisotopic (exact) mass is 266 g/mol. The second-order valence-corrected chi connectivity index (χ2v) is 5.54. The maximum absolute atomic E-state index is 5.69. The first-order valence-corrected chi connectivity index (χ1v) is 6.70. The van der Waals surface area contributed by atoms with Crippen LogP contribution in [0.3, 0.4) is 0 Å². The first kappa shape index (κ1) is 15.9. The highest BCUT2D eigenvalue weighted by molar-refractivity contribution is 5.17. The molecule has 19 heavy (non-hydrogen) atoms. The van der Waals surface area contributed by atoms with Crippen LogP contribution in [0.2, 0.25) is 0 Å². The fourth-order valence-electron chi connectivity index (χ4n) is 1.34. The van der Waals surface area contributed by atoms with Gasteiger partial charge in [-0.2, -0.15) is 0 Å². The van der Waals surface area contributed by atoms with Crippen molar-refractivity contribution in [2.24, 2.45) is 0 Å². The molecule has 1 aromatic rings.